The fraction of sp³-hybridized carbons (Fsp3) is 0.533. The summed E-state index contributed by atoms with van der Waals surface area (Å²) in [6, 6.07) is 4.79. The number of hydroxylamine groups is 1. The normalized spacial score (nSPS) is 13.8. The molecule has 1 amide bonds. The first-order valence-corrected chi connectivity index (χ1v) is 6.76. The monoisotopic (exact) mass is 283 g/mol. The Morgan fingerprint density at radius 2 is 2.20 bits per heavy atom. The summed E-state index contributed by atoms with van der Waals surface area (Å²) in [6.45, 7) is 3.66. The summed E-state index contributed by atoms with van der Waals surface area (Å²) in [6.07, 6.45) is 1.63. The zero-order valence-electron chi connectivity index (χ0n) is 12.1. The minimum atomic E-state index is -0.410. The number of aryl methyl sites for hydroxylation is 1. The van der Waals surface area contributed by atoms with Crippen LogP contribution in [0.4, 0.5) is 4.39 Å². The number of carbonyl (C=O) groups excluding carboxylic acids is 1. The van der Waals surface area contributed by atoms with E-state index in [2.05, 4.69) is 0 Å². The molecule has 2 atom stereocenters. The Kier molecular flexibility index (Phi) is 6.61. The van der Waals surface area contributed by atoms with Gasteiger partial charge in [-0.05, 0) is 37.0 Å². The summed E-state index contributed by atoms with van der Waals surface area (Å²) in [5.74, 6) is -1.00. The number of ether oxygens (including phenoxy) is 1. The fourth-order valence-corrected chi connectivity index (χ4v) is 2.29. The highest BCUT2D eigenvalue weighted by atomic mass is 19.1. The lowest BCUT2D eigenvalue weighted by Gasteiger charge is -2.21. The minimum Gasteiger partial charge on any atom is -0.377 e. The van der Waals surface area contributed by atoms with Crippen LogP contribution in [0.25, 0.3) is 0 Å². The van der Waals surface area contributed by atoms with E-state index in [1.165, 1.54) is 6.07 Å². The van der Waals surface area contributed by atoms with Crippen LogP contribution in [0.5, 0.6) is 0 Å². The van der Waals surface area contributed by atoms with E-state index in [9.17, 15) is 9.18 Å². The Balaban J connectivity index is 2.88. The zero-order chi connectivity index (χ0) is 15.1. The van der Waals surface area contributed by atoms with Crippen molar-refractivity contribution in [2.75, 3.05) is 7.11 Å². The smallest absolute Gasteiger partial charge is 0.246 e. The van der Waals surface area contributed by atoms with Gasteiger partial charge in [-0.3, -0.25) is 10.0 Å². The molecular weight excluding hydrogens is 261 g/mol. The Bertz CT molecular complexity index is 451. The fourth-order valence-electron chi connectivity index (χ4n) is 2.29. The standard InChI is InChI=1S/C15H22FNO3/c1-4-5-12(15(18)17-19)9-14(20-3)11-6-7-13(16)10(2)8-11/h6-8,12,14,19H,4-5,9H2,1-3H3,(H,17,18)/t12-,14+/m0/s1. The van der Waals surface area contributed by atoms with Gasteiger partial charge in [0.05, 0.1) is 6.10 Å². The highest BCUT2D eigenvalue weighted by Gasteiger charge is 2.23. The number of hydrogen-bond acceptors (Lipinski definition) is 3. The Morgan fingerprint density at radius 1 is 1.50 bits per heavy atom. The van der Waals surface area contributed by atoms with E-state index < -0.39 is 5.91 Å². The maximum absolute atomic E-state index is 13.3. The molecule has 4 nitrogen and oxygen atoms in total. The number of carbonyl (C=O) groups is 1. The molecule has 20 heavy (non-hydrogen) atoms. The van der Waals surface area contributed by atoms with Crippen molar-refractivity contribution in [2.24, 2.45) is 5.92 Å². The van der Waals surface area contributed by atoms with E-state index in [-0.39, 0.29) is 17.8 Å². The van der Waals surface area contributed by atoms with Gasteiger partial charge in [0, 0.05) is 13.0 Å². The van der Waals surface area contributed by atoms with Crippen LogP contribution in [0.1, 0.15) is 43.4 Å². The number of halogens is 1. The number of benzene rings is 1. The first kappa shape index (κ1) is 16.6. The Hall–Kier alpha value is -1.46. The number of hydrogen-bond donors (Lipinski definition) is 2. The first-order valence-electron chi connectivity index (χ1n) is 6.76. The van der Waals surface area contributed by atoms with Crippen molar-refractivity contribution >= 4 is 5.91 Å². The largest absolute Gasteiger partial charge is 0.377 e. The van der Waals surface area contributed by atoms with Crippen LogP contribution in [-0.4, -0.2) is 18.2 Å². The van der Waals surface area contributed by atoms with Gasteiger partial charge in [0.25, 0.3) is 0 Å². The molecule has 0 unspecified atom stereocenters. The third kappa shape index (κ3) is 4.28. The Morgan fingerprint density at radius 3 is 2.70 bits per heavy atom. The van der Waals surface area contributed by atoms with Gasteiger partial charge in [-0.1, -0.05) is 25.5 Å². The quantitative estimate of drug-likeness (QED) is 0.597. The van der Waals surface area contributed by atoms with Gasteiger partial charge in [-0.15, -0.1) is 0 Å². The van der Waals surface area contributed by atoms with Crippen LogP contribution in [0, 0.1) is 18.7 Å². The molecule has 1 rings (SSSR count). The highest BCUT2D eigenvalue weighted by molar-refractivity contribution is 5.77. The number of nitrogens with one attached hydrogen (secondary N) is 1. The van der Waals surface area contributed by atoms with Gasteiger partial charge in [-0.25, -0.2) is 9.87 Å². The van der Waals surface area contributed by atoms with E-state index >= 15 is 0 Å². The molecule has 0 aliphatic heterocycles. The average Bonchev–Trinajstić information content (AvgIpc) is 2.45. The number of methoxy groups -OCH3 is 1. The van der Waals surface area contributed by atoms with Crippen molar-refractivity contribution in [1.29, 1.82) is 0 Å². The van der Waals surface area contributed by atoms with Crippen molar-refractivity contribution < 1.29 is 19.1 Å². The van der Waals surface area contributed by atoms with E-state index in [0.717, 1.165) is 12.0 Å². The van der Waals surface area contributed by atoms with Gasteiger partial charge in [0.15, 0.2) is 0 Å². The van der Waals surface area contributed by atoms with E-state index in [1.807, 2.05) is 6.92 Å². The minimum absolute atomic E-state index is 0.262. The second kappa shape index (κ2) is 7.97. The van der Waals surface area contributed by atoms with Crippen LogP contribution in [0.2, 0.25) is 0 Å². The molecule has 112 valence electrons. The molecule has 0 saturated heterocycles. The van der Waals surface area contributed by atoms with Gasteiger partial charge >= 0.3 is 0 Å². The lowest BCUT2D eigenvalue weighted by molar-refractivity contribution is -0.135. The summed E-state index contributed by atoms with van der Waals surface area (Å²) in [4.78, 5) is 11.6. The van der Waals surface area contributed by atoms with Crippen molar-refractivity contribution in [3.8, 4) is 0 Å². The van der Waals surface area contributed by atoms with Gasteiger partial charge in [0.1, 0.15) is 5.82 Å². The molecular formula is C15H22FNO3. The van der Waals surface area contributed by atoms with E-state index in [1.54, 1.807) is 31.6 Å². The van der Waals surface area contributed by atoms with E-state index in [0.29, 0.717) is 18.4 Å². The molecule has 0 aliphatic carbocycles. The molecule has 1 aromatic carbocycles. The predicted octanol–water partition coefficient (Wildman–Crippen LogP) is 3.13. The van der Waals surface area contributed by atoms with Crippen molar-refractivity contribution in [1.82, 2.24) is 5.48 Å². The molecule has 0 fully saturated rings. The van der Waals surface area contributed by atoms with Crippen LogP contribution in [-0.2, 0) is 9.53 Å². The Labute approximate surface area is 118 Å². The third-order valence-corrected chi connectivity index (χ3v) is 3.46. The topological polar surface area (TPSA) is 58.6 Å². The van der Waals surface area contributed by atoms with E-state index in [4.69, 9.17) is 9.94 Å². The predicted molar refractivity (Wildman–Crippen MR) is 73.8 cm³/mol. The second-order valence-corrected chi connectivity index (χ2v) is 4.93. The third-order valence-electron chi connectivity index (χ3n) is 3.46. The molecule has 5 heteroatoms. The van der Waals surface area contributed by atoms with Gasteiger partial charge < -0.3 is 4.74 Å². The van der Waals surface area contributed by atoms with Crippen LogP contribution in [0.15, 0.2) is 18.2 Å². The first-order chi connectivity index (χ1) is 9.53. The van der Waals surface area contributed by atoms with Crippen molar-refractivity contribution in [2.45, 2.75) is 39.2 Å². The zero-order valence-corrected chi connectivity index (χ0v) is 12.1. The van der Waals surface area contributed by atoms with Crippen LogP contribution in [0.3, 0.4) is 0 Å². The molecule has 1 aromatic rings. The summed E-state index contributed by atoms with van der Waals surface area (Å²) in [5.41, 5.74) is 3.07. The molecule has 0 saturated carbocycles. The molecule has 0 heterocycles. The van der Waals surface area contributed by atoms with Gasteiger partial charge in [-0.2, -0.15) is 0 Å². The van der Waals surface area contributed by atoms with Crippen LogP contribution < -0.4 is 5.48 Å². The summed E-state index contributed by atoms with van der Waals surface area (Å²) in [7, 11) is 1.56. The lowest BCUT2D eigenvalue weighted by Crippen LogP contribution is -2.29. The molecule has 0 bridgehead atoms. The summed E-state index contributed by atoms with van der Waals surface area (Å²) < 4.78 is 18.7. The molecule has 2 N–H and O–H groups in total. The maximum Gasteiger partial charge on any atom is 0.246 e. The molecule has 0 aliphatic rings. The second-order valence-electron chi connectivity index (χ2n) is 4.93. The highest BCUT2D eigenvalue weighted by Crippen LogP contribution is 2.28. The number of amides is 1. The van der Waals surface area contributed by atoms with Crippen molar-refractivity contribution in [3.05, 3.63) is 35.1 Å². The van der Waals surface area contributed by atoms with Crippen molar-refractivity contribution in [3.63, 3.8) is 0 Å². The summed E-state index contributed by atoms with van der Waals surface area (Å²) >= 11 is 0. The van der Waals surface area contributed by atoms with Gasteiger partial charge in [0.2, 0.25) is 5.91 Å². The molecule has 0 radical (unpaired) electrons. The maximum atomic E-state index is 13.3. The lowest BCUT2D eigenvalue weighted by atomic mass is 9.92. The molecule has 0 spiro atoms. The molecule has 0 aromatic heterocycles. The van der Waals surface area contributed by atoms with Crippen LogP contribution >= 0.6 is 0 Å². The SMILES string of the molecule is CCC[C@@H](C[C@@H](OC)c1ccc(F)c(C)c1)C(=O)NO. The number of rotatable bonds is 7. The average molecular weight is 283 g/mol. The summed E-state index contributed by atoms with van der Waals surface area (Å²) in [5, 5.41) is 8.78.